The Morgan fingerprint density at radius 2 is 1.95 bits per heavy atom. The second-order valence-electron chi connectivity index (χ2n) is 9.96. The van der Waals surface area contributed by atoms with Crippen molar-refractivity contribution in [2.45, 2.75) is 51.2 Å². The molecule has 38 heavy (non-hydrogen) atoms. The summed E-state index contributed by atoms with van der Waals surface area (Å²) >= 11 is 0. The van der Waals surface area contributed by atoms with Gasteiger partial charge in [-0.25, -0.2) is 9.36 Å². The monoisotopic (exact) mass is 552 g/mol. The predicted molar refractivity (Wildman–Crippen MR) is 135 cm³/mol. The number of hydrogen-bond acceptors (Lipinski definition) is 10. The van der Waals surface area contributed by atoms with Gasteiger partial charge in [0.2, 0.25) is 0 Å². The molecule has 2 saturated heterocycles. The standard InChI is InChI=1S/C25H33N2O10P/c1-16(2)13-33-22(30)17(3)15-38(32,37-18-7-5-4-6-8-18)35-14-19-21(29)25(10-12-34-25)23(36-19)27-11-9-20(28)26-24(27)31/h4-9,11,16-17,19,21,23,29H,10,12-15H2,1-3H3,(H,26,28,31)/t17-,19-,21-,23-,25-,38?/m1/s1. The third-order valence-corrected chi connectivity index (χ3v) is 8.45. The number of aliphatic hydroxyl groups excluding tert-OH is 1. The summed E-state index contributed by atoms with van der Waals surface area (Å²) in [5.41, 5.74) is -2.54. The molecule has 0 radical (unpaired) electrons. The molecule has 1 aromatic carbocycles. The average Bonchev–Trinajstić information content (AvgIpc) is 3.14. The molecule has 0 saturated carbocycles. The molecule has 2 N–H and O–H groups in total. The highest BCUT2D eigenvalue weighted by Crippen LogP contribution is 2.52. The number of hydrogen-bond donors (Lipinski definition) is 2. The van der Waals surface area contributed by atoms with Gasteiger partial charge in [-0.3, -0.25) is 23.7 Å². The Kier molecular flexibility index (Phi) is 8.59. The minimum absolute atomic E-state index is 0.139. The largest absolute Gasteiger partial charge is 0.465 e. The van der Waals surface area contributed by atoms with Gasteiger partial charge in [-0.1, -0.05) is 39.0 Å². The molecule has 0 bridgehead atoms. The number of para-hydroxylation sites is 1. The summed E-state index contributed by atoms with van der Waals surface area (Å²) in [7, 11) is -3.97. The molecule has 1 unspecified atom stereocenters. The molecule has 2 aliphatic heterocycles. The molecule has 1 aromatic heterocycles. The number of carbonyl (C=O) groups is 1. The fourth-order valence-electron chi connectivity index (χ4n) is 4.37. The molecule has 6 atom stereocenters. The second kappa shape index (κ2) is 11.5. The molecule has 0 aliphatic carbocycles. The number of rotatable bonds is 11. The number of H-pyrrole nitrogens is 1. The van der Waals surface area contributed by atoms with Gasteiger partial charge in [-0.15, -0.1) is 0 Å². The van der Waals surface area contributed by atoms with Gasteiger partial charge in [0.05, 0.1) is 31.9 Å². The third-order valence-electron chi connectivity index (χ3n) is 6.42. The van der Waals surface area contributed by atoms with Crippen molar-refractivity contribution in [2.75, 3.05) is 26.0 Å². The highest BCUT2D eigenvalue weighted by molar-refractivity contribution is 7.54. The van der Waals surface area contributed by atoms with Crippen molar-refractivity contribution in [3.05, 3.63) is 63.4 Å². The number of carbonyl (C=O) groups excluding carboxylic acids is 1. The van der Waals surface area contributed by atoms with Crippen LogP contribution in [0.15, 0.2) is 52.2 Å². The Morgan fingerprint density at radius 3 is 2.55 bits per heavy atom. The highest BCUT2D eigenvalue weighted by atomic mass is 31.2. The smallest absolute Gasteiger partial charge is 0.380 e. The third kappa shape index (κ3) is 6.10. The van der Waals surface area contributed by atoms with Gasteiger partial charge in [-0.2, -0.15) is 0 Å². The van der Waals surface area contributed by atoms with Crippen LogP contribution < -0.4 is 15.8 Å². The van der Waals surface area contributed by atoms with Crippen LogP contribution in [-0.2, 0) is 28.1 Å². The summed E-state index contributed by atoms with van der Waals surface area (Å²) in [5, 5.41) is 11.1. The van der Waals surface area contributed by atoms with Crippen LogP contribution >= 0.6 is 7.60 Å². The lowest BCUT2D eigenvalue weighted by Crippen LogP contribution is -2.57. The van der Waals surface area contributed by atoms with E-state index < -0.39 is 54.8 Å². The Morgan fingerprint density at radius 1 is 1.24 bits per heavy atom. The Hall–Kier alpha value is -2.76. The molecular formula is C25H33N2O10P. The molecule has 12 nitrogen and oxygen atoms in total. The maximum absolute atomic E-state index is 13.9. The quantitative estimate of drug-likeness (QED) is 0.313. The van der Waals surface area contributed by atoms with E-state index in [9.17, 15) is 24.1 Å². The zero-order chi connectivity index (χ0) is 27.5. The van der Waals surface area contributed by atoms with Gasteiger partial charge < -0.3 is 23.8 Å². The lowest BCUT2D eigenvalue weighted by atomic mass is 9.86. The molecule has 2 aromatic rings. The van der Waals surface area contributed by atoms with Crippen molar-refractivity contribution in [1.82, 2.24) is 9.55 Å². The predicted octanol–water partition coefficient (Wildman–Crippen LogP) is 2.08. The molecule has 13 heteroatoms. The zero-order valence-electron chi connectivity index (χ0n) is 21.5. The fourth-order valence-corrected chi connectivity index (χ4v) is 6.24. The number of aromatic amines is 1. The van der Waals surface area contributed by atoms with Crippen LogP contribution in [0.5, 0.6) is 5.75 Å². The van der Waals surface area contributed by atoms with Gasteiger partial charge >= 0.3 is 19.3 Å². The number of aromatic nitrogens is 2. The summed E-state index contributed by atoms with van der Waals surface area (Å²) in [4.78, 5) is 38.6. The van der Waals surface area contributed by atoms with Crippen molar-refractivity contribution in [3.63, 3.8) is 0 Å². The first-order valence-corrected chi connectivity index (χ1v) is 14.2. The van der Waals surface area contributed by atoms with E-state index in [1.807, 2.05) is 13.8 Å². The van der Waals surface area contributed by atoms with Crippen LogP contribution in [-0.4, -0.2) is 64.4 Å². The van der Waals surface area contributed by atoms with E-state index in [4.69, 9.17) is 23.3 Å². The van der Waals surface area contributed by atoms with Crippen molar-refractivity contribution in [2.24, 2.45) is 11.8 Å². The highest BCUT2D eigenvalue weighted by Gasteiger charge is 2.62. The van der Waals surface area contributed by atoms with Gasteiger partial charge in [0.15, 0.2) is 6.23 Å². The normalized spacial score (nSPS) is 27.0. The van der Waals surface area contributed by atoms with E-state index in [0.717, 1.165) is 10.6 Å². The van der Waals surface area contributed by atoms with Crippen molar-refractivity contribution < 1.29 is 37.7 Å². The number of benzene rings is 1. The number of nitrogens with zero attached hydrogens (tertiary/aromatic N) is 1. The van der Waals surface area contributed by atoms with E-state index in [0.29, 0.717) is 13.0 Å². The first-order valence-electron chi connectivity index (χ1n) is 12.5. The summed E-state index contributed by atoms with van der Waals surface area (Å²) in [6.07, 6.45) is -1.96. The minimum Gasteiger partial charge on any atom is -0.465 e. The first kappa shape index (κ1) is 28.3. The lowest BCUT2D eigenvalue weighted by molar-refractivity contribution is -0.227. The van der Waals surface area contributed by atoms with Gasteiger partial charge in [-0.05, 0) is 18.1 Å². The number of nitrogens with one attached hydrogen (secondary N) is 1. The van der Waals surface area contributed by atoms with Crippen LogP contribution in [0.2, 0.25) is 0 Å². The van der Waals surface area contributed by atoms with E-state index in [2.05, 4.69) is 4.98 Å². The maximum atomic E-state index is 13.9. The Balaban J connectivity index is 1.52. The summed E-state index contributed by atoms with van der Waals surface area (Å²) in [6, 6.07) is 9.55. The minimum atomic E-state index is -3.97. The second-order valence-corrected chi connectivity index (χ2v) is 12.0. The molecule has 2 aliphatic rings. The van der Waals surface area contributed by atoms with E-state index >= 15 is 0 Å². The zero-order valence-corrected chi connectivity index (χ0v) is 22.4. The summed E-state index contributed by atoms with van der Waals surface area (Å²) < 4.78 is 43.5. The molecule has 3 heterocycles. The van der Waals surface area contributed by atoms with Crippen LogP contribution in [0.1, 0.15) is 33.4 Å². The molecule has 208 valence electrons. The fraction of sp³-hybridized carbons (Fsp3) is 0.560. The average molecular weight is 553 g/mol. The van der Waals surface area contributed by atoms with Gasteiger partial charge in [0.25, 0.3) is 5.56 Å². The summed E-state index contributed by atoms with van der Waals surface area (Å²) in [6.45, 7) is 5.58. The van der Waals surface area contributed by atoms with Gasteiger partial charge in [0.1, 0.15) is 23.6 Å². The first-order chi connectivity index (χ1) is 18.0. The molecule has 0 amide bonds. The van der Waals surface area contributed by atoms with E-state index in [-0.39, 0.29) is 31.0 Å². The Labute approximate surface area is 219 Å². The summed E-state index contributed by atoms with van der Waals surface area (Å²) in [5.74, 6) is -0.912. The van der Waals surface area contributed by atoms with Crippen LogP contribution in [0.3, 0.4) is 0 Å². The van der Waals surface area contributed by atoms with Crippen LogP contribution in [0, 0.1) is 11.8 Å². The topological polar surface area (TPSA) is 155 Å². The van der Waals surface area contributed by atoms with Gasteiger partial charge in [0, 0.05) is 18.7 Å². The van der Waals surface area contributed by atoms with E-state index in [1.54, 1.807) is 37.3 Å². The number of aliphatic hydroxyl groups is 1. The molecule has 4 rings (SSSR count). The molecule has 1 spiro atoms. The maximum Gasteiger partial charge on any atom is 0.380 e. The SMILES string of the molecule is CC(C)COC(=O)[C@H](C)CP(=O)(OC[C@H]1O[C@@H](n2ccc(=O)[nH]c2=O)[C@@]2(CCO2)[C@@H]1O)Oc1ccccc1. The molecular weight excluding hydrogens is 519 g/mol. The lowest BCUT2D eigenvalue weighted by Gasteiger charge is -2.44. The van der Waals surface area contributed by atoms with Crippen molar-refractivity contribution >= 4 is 13.6 Å². The van der Waals surface area contributed by atoms with Crippen molar-refractivity contribution in [3.8, 4) is 5.75 Å². The number of ether oxygens (including phenoxy) is 3. The number of esters is 1. The van der Waals surface area contributed by atoms with E-state index in [1.165, 1.54) is 6.20 Å². The Bertz CT molecular complexity index is 1270. The van der Waals surface area contributed by atoms with Crippen LogP contribution in [0.4, 0.5) is 0 Å². The van der Waals surface area contributed by atoms with Crippen molar-refractivity contribution in [1.29, 1.82) is 0 Å². The molecule has 2 fully saturated rings. The van der Waals surface area contributed by atoms with Crippen LogP contribution in [0.25, 0.3) is 0 Å².